The van der Waals surface area contributed by atoms with E-state index in [4.69, 9.17) is 11.6 Å². The van der Waals surface area contributed by atoms with Gasteiger partial charge in [0, 0.05) is 18.5 Å². The van der Waals surface area contributed by atoms with Crippen LogP contribution in [0.5, 0.6) is 0 Å². The molecule has 0 fully saturated rings. The van der Waals surface area contributed by atoms with E-state index in [1.807, 2.05) is 13.8 Å². The third-order valence-electron chi connectivity index (χ3n) is 2.97. The van der Waals surface area contributed by atoms with E-state index in [2.05, 4.69) is 12.0 Å². The largest absolute Gasteiger partial charge is 0.281 e. The fourth-order valence-electron chi connectivity index (χ4n) is 1.77. The molecule has 0 radical (unpaired) electrons. The summed E-state index contributed by atoms with van der Waals surface area (Å²) < 4.78 is 1.52. The molecule has 0 aromatic carbocycles. The average molecular weight is 285 g/mol. The Hall–Kier alpha value is -1.16. The zero-order valence-corrected chi connectivity index (χ0v) is 12.5. The van der Waals surface area contributed by atoms with Gasteiger partial charge in [-0.05, 0) is 36.4 Å². The molecule has 1 rings (SSSR count). The van der Waals surface area contributed by atoms with Crippen molar-refractivity contribution in [2.75, 3.05) is 0 Å². The highest BCUT2D eigenvalue weighted by Gasteiger charge is 2.11. The van der Waals surface area contributed by atoms with Gasteiger partial charge in [0.15, 0.2) is 0 Å². The number of aryl methyl sites for hydroxylation is 2. The number of hydrogen-bond acceptors (Lipinski definition) is 3. The number of rotatable bonds is 7. The molecule has 1 aromatic rings. The number of unbranched alkanes of at least 4 members (excludes halogenated alkanes) is 1. The van der Waals surface area contributed by atoms with Crippen molar-refractivity contribution in [1.82, 2.24) is 9.78 Å². The fraction of sp³-hybridized carbons (Fsp3) is 0.643. The van der Waals surface area contributed by atoms with Gasteiger partial charge in [0.2, 0.25) is 5.24 Å². The van der Waals surface area contributed by atoms with E-state index >= 15 is 0 Å². The Kier molecular flexibility index (Phi) is 6.22. The number of hydrogen-bond donors (Lipinski definition) is 0. The third-order valence-corrected chi connectivity index (χ3v) is 3.16. The number of carbonyl (C=O) groups excluding carboxylic acids is 1. The van der Waals surface area contributed by atoms with Gasteiger partial charge in [0.25, 0.3) is 5.56 Å². The lowest BCUT2D eigenvalue weighted by Crippen LogP contribution is -2.28. The summed E-state index contributed by atoms with van der Waals surface area (Å²) >= 11 is 5.34. The van der Waals surface area contributed by atoms with Gasteiger partial charge in [0.05, 0.1) is 5.69 Å². The summed E-state index contributed by atoms with van der Waals surface area (Å²) in [5.74, 6) is 0.249. The molecule has 0 N–H and O–H groups in total. The van der Waals surface area contributed by atoms with E-state index in [1.165, 1.54) is 4.68 Å². The zero-order valence-electron chi connectivity index (χ0n) is 11.8. The highest BCUT2D eigenvalue weighted by atomic mass is 35.5. The number of halogens is 1. The molecule has 0 saturated carbocycles. The van der Waals surface area contributed by atoms with Gasteiger partial charge in [-0.25, -0.2) is 4.68 Å². The molecule has 106 valence electrons. The standard InChI is InChI=1S/C14H21ClN2O2/c1-4-5-8-17-14(19)11(6-7-13(15)18)9-12(16-17)10(2)3/h9-10H,4-8H2,1-3H3. The Morgan fingerprint density at radius 3 is 2.68 bits per heavy atom. The molecule has 0 aliphatic heterocycles. The molecule has 0 atom stereocenters. The first kappa shape index (κ1) is 15.9. The normalized spacial score (nSPS) is 11.0. The molecule has 0 aliphatic carbocycles. The monoisotopic (exact) mass is 284 g/mol. The Morgan fingerprint density at radius 2 is 2.16 bits per heavy atom. The van der Waals surface area contributed by atoms with Crippen molar-refractivity contribution in [3.05, 3.63) is 27.7 Å². The predicted octanol–water partition coefficient (Wildman–Crippen LogP) is 2.86. The smallest absolute Gasteiger partial charge is 0.269 e. The second kappa shape index (κ2) is 7.43. The summed E-state index contributed by atoms with van der Waals surface area (Å²) in [4.78, 5) is 23.1. The van der Waals surface area contributed by atoms with Crippen molar-refractivity contribution in [2.45, 2.75) is 58.9 Å². The van der Waals surface area contributed by atoms with Crippen LogP contribution >= 0.6 is 11.6 Å². The quantitative estimate of drug-likeness (QED) is 0.724. The lowest BCUT2D eigenvalue weighted by Gasteiger charge is -2.11. The van der Waals surface area contributed by atoms with Crippen LogP contribution in [-0.4, -0.2) is 15.0 Å². The highest BCUT2D eigenvalue weighted by molar-refractivity contribution is 6.63. The third kappa shape index (κ3) is 4.78. The second-order valence-electron chi connectivity index (χ2n) is 4.99. The van der Waals surface area contributed by atoms with E-state index in [1.54, 1.807) is 6.07 Å². The second-order valence-corrected chi connectivity index (χ2v) is 5.41. The summed E-state index contributed by atoms with van der Waals surface area (Å²) in [7, 11) is 0. The number of carbonyl (C=O) groups is 1. The molecule has 5 heteroatoms. The van der Waals surface area contributed by atoms with Gasteiger partial charge >= 0.3 is 0 Å². The minimum Gasteiger partial charge on any atom is -0.281 e. The van der Waals surface area contributed by atoms with Crippen LogP contribution in [0, 0.1) is 0 Å². The van der Waals surface area contributed by atoms with Crippen molar-refractivity contribution in [2.24, 2.45) is 0 Å². The molecular formula is C14H21ClN2O2. The first-order valence-electron chi connectivity index (χ1n) is 6.75. The Morgan fingerprint density at radius 1 is 1.47 bits per heavy atom. The van der Waals surface area contributed by atoms with Crippen LogP contribution in [-0.2, 0) is 17.8 Å². The van der Waals surface area contributed by atoms with Crippen molar-refractivity contribution in [3.8, 4) is 0 Å². The SMILES string of the molecule is CCCCn1nc(C(C)C)cc(CCC(=O)Cl)c1=O. The van der Waals surface area contributed by atoms with Gasteiger partial charge in [0.1, 0.15) is 0 Å². The van der Waals surface area contributed by atoms with Crippen LogP contribution in [0.4, 0.5) is 0 Å². The minimum atomic E-state index is -0.414. The van der Waals surface area contributed by atoms with Gasteiger partial charge < -0.3 is 0 Å². The predicted molar refractivity (Wildman–Crippen MR) is 76.7 cm³/mol. The molecule has 1 heterocycles. The molecular weight excluding hydrogens is 264 g/mol. The van der Waals surface area contributed by atoms with Crippen LogP contribution in [0.15, 0.2) is 10.9 Å². The summed E-state index contributed by atoms with van der Waals surface area (Å²) in [6.07, 6.45) is 2.50. The topological polar surface area (TPSA) is 52.0 Å². The molecule has 0 bridgehead atoms. The van der Waals surface area contributed by atoms with Crippen molar-refractivity contribution < 1.29 is 4.79 Å². The van der Waals surface area contributed by atoms with E-state index in [-0.39, 0.29) is 17.9 Å². The maximum atomic E-state index is 12.2. The maximum absolute atomic E-state index is 12.2. The van der Waals surface area contributed by atoms with E-state index in [9.17, 15) is 9.59 Å². The van der Waals surface area contributed by atoms with Crippen LogP contribution in [0.2, 0.25) is 0 Å². The lowest BCUT2D eigenvalue weighted by atomic mass is 10.1. The van der Waals surface area contributed by atoms with E-state index in [0.717, 1.165) is 18.5 Å². The molecule has 4 nitrogen and oxygen atoms in total. The molecule has 0 unspecified atom stereocenters. The maximum Gasteiger partial charge on any atom is 0.269 e. The van der Waals surface area contributed by atoms with Crippen LogP contribution in [0.25, 0.3) is 0 Å². The van der Waals surface area contributed by atoms with Crippen LogP contribution in [0.3, 0.4) is 0 Å². The van der Waals surface area contributed by atoms with Crippen molar-refractivity contribution in [3.63, 3.8) is 0 Å². The molecule has 0 amide bonds. The van der Waals surface area contributed by atoms with Crippen molar-refractivity contribution >= 4 is 16.8 Å². The Balaban J connectivity index is 3.09. The summed E-state index contributed by atoms with van der Waals surface area (Å²) in [5, 5.41) is 3.97. The molecule has 0 spiro atoms. The van der Waals surface area contributed by atoms with Gasteiger partial charge in [-0.1, -0.05) is 27.2 Å². The van der Waals surface area contributed by atoms with E-state index < -0.39 is 5.24 Å². The van der Waals surface area contributed by atoms with Gasteiger partial charge in [-0.3, -0.25) is 9.59 Å². The lowest BCUT2D eigenvalue weighted by molar-refractivity contribution is -0.111. The van der Waals surface area contributed by atoms with Gasteiger partial charge in [-0.15, -0.1) is 0 Å². The summed E-state index contributed by atoms with van der Waals surface area (Å²) in [5.41, 5.74) is 1.41. The average Bonchev–Trinajstić information content (AvgIpc) is 2.35. The fourth-order valence-corrected chi connectivity index (χ4v) is 1.87. The number of nitrogens with zero attached hydrogens (tertiary/aromatic N) is 2. The Labute approximate surface area is 118 Å². The van der Waals surface area contributed by atoms with Crippen LogP contribution in [0.1, 0.15) is 57.2 Å². The molecule has 0 saturated heterocycles. The zero-order chi connectivity index (χ0) is 14.4. The minimum absolute atomic E-state index is 0.101. The Bertz CT molecular complexity index is 495. The molecule has 19 heavy (non-hydrogen) atoms. The molecule has 1 aromatic heterocycles. The first-order valence-corrected chi connectivity index (χ1v) is 7.12. The summed E-state index contributed by atoms with van der Waals surface area (Å²) in [6.45, 7) is 6.77. The first-order chi connectivity index (χ1) is 8.95. The van der Waals surface area contributed by atoms with Crippen molar-refractivity contribution in [1.29, 1.82) is 0 Å². The van der Waals surface area contributed by atoms with E-state index in [0.29, 0.717) is 18.5 Å². The van der Waals surface area contributed by atoms with Crippen LogP contribution < -0.4 is 5.56 Å². The summed E-state index contributed by atoms with van der Waals surface area (Å²) in [6, 6.07) is 1.80. The molecule has 0 aliphatic rings. The van der Waals surface area contributed by atoms with Gasteiger partial charge in [-0.2, -0.15) is 5.10 Å². The highest BCUT2D eigenvalue weighted by Crippen LogP contribution is 2.12. The number of aromatic nitrogens is 2.